The molecule has 196 valence electrons. The van der Waals surface area contributed by atoms with Crippen molar-refractivity contribution in [2.75, 3.05) is 0 Å². The highest BCUT2D eigenvalue weighted by molar-refractivity contribution is 5.79. The number of amides is 1. The van der Waals surface area contributed by atoms with Gasteiger partial charge in [-0.1, -0.05) is 0 Å². The number of carbonyl (C=O) groups is 1. The van der Waals surface area contributed by atoms with Gasteiger partial charge in [-0.15, -0.1) is 0 Å². The van der Waals surface area contributed by atoms with E-state index in [1.807, 2.05) is 13.1 Å². The monoisotopic (exact) mass is 506 g/mol. The molecule has 3 aromatic rings. The van der Waals surface area contributed by atoms with Crippen molar-refractivity contribution in [3.8, 4) is 0 Å². The minimum atomic E-state index is -0.967. The molecule has 0 spiro atoms. The number of aryl methyl sites for hydroxylation is 1. The molecule has 4 unspecified atom stereocenters. The number of fused-ring (bicyclic) bond motifs is 2. The summed E-state index contributed by atoms with van der Waals surface area (Å²) in [7, 11) is 0. The normalized spacial score (nSPS) is 31.8. The summed E-state index contributed by atoms with van der Waals surface area (Å²) in [6, 6.07) is 9.21. The van der Waals surface area contributed by atoms with E-state index >= 15 is 0 Å². The van der Waals surface area contributed by atoms with Crippen molar-refractivity contribution in [1.29, 1.82) is 0 Å². The van der Waals surface area contributed by atoms with Crippen LogP contribution < -0.4 is 16.2 Å². The summed E-state index contributed by atoms with van der Waals surface area (Å²) in [5, 5.41) is 19.8. The molecule has 3 aliphatic rings. The number of aromatic nitrogens is 3. The summed E-state index contributed by atoms with van der Waals surface area (Å²) in [6.45, 7) is 2.33. The maximum absolute atomic E-state index is 13.6. The highest BCUT2D eigenvalue weighted by Gasteiger charge is 2.43. The number of benzene rings is 1. The van der Waals surface area contributed by atoms with Crippen molar-refractivity contribution < 1.29 is 14.3 Å². The number of aliphatic hydroxyl groups is 1. The Morgan fingerprint density at radius 2 is 2.14 bits per heavy atom. The molecule has 3 heterocycles. The Bertz CT molecular complexity index is 1300. The second-order valence-corrected chi connectivity index (χ2v) is 11.3. The van der Waals surface area contributed by atoms with Crippen LogP contribution in [0.3, 0.4) is 0 Å². The topological polar surface area (TPSA) is 104 Å². The summed E-state index contributed by atoms with van der Waals surface area (Å²) < 4.78 is 15.3. The van der Waals surface area contributed by atoms with Crippen LogP contribution in [0, 0.1) is 24.6 Å². The Labute approximate surface area is 216 Å². The van der Waals surface area contributed by atoms with Gasteiger partial charge in [0.2, 0.25) is 5.91 Å². The largest absolute Gasteiger partial charge is 0.388 e. The van der Waals surface area contributed by atoms with Crippen LogP contribution >= 0.6 is 0 Å². The molecule has 6 atom stereocenters. The Morgan fingerprint density at radius 3 is 3.00 bits per heavy atom. The molecule has 1 aliphatic heterocycles. The molecule has 3 fully saturated rings. The van der Waals surface area contributed by atoms with E-state index in [-0.39, 0.29) is 29.7 Å². The van der Waals surface area contributed by atoms with Crippen LogP contribution in [-0.4, -0.2) is 43.5 Å². The quantitative estimate of drug-likeness (QED) is 0.423. The van der Waals surface area contributed by atoms with E-state index in [9.17, 15) is 14.3 Å². The van der Waals surface area contributed by atoms with Crippen molar-refractivity contribution in [2.24, 2.45) is 11.8 Å². The highest BCUT2D eigenvalue weighted by atomic mass is 19.1. The van der Waals surface area contributed by atoms with Crippen LogP contribution in [0.25, 0.3) is 10.9 Å². The molecule has 6 rings (SSSR count). The summed E-state index contributed by atoms with van der Waals surface area (Å²) in [5.41, 5.74) is 8.94. The summed E-state index contributed by atoms with van der Waals surface area (Å²) in [5.74, 6) is 0.108. The zero-order valence-corrected chi connectivity index (χ0v) is 21.2. The summed E-state index contributed by atoms with van der Waals surface area (Å²) in [6.07, 6.45) is 8.96. The number of hydrazine groups is 1. The lowest BCUT2D eigenvalue weighted by atomic mass is 9.74. The number of halogens is 1. The van der Waals surface area contributed by atoms with Crippen molar-refractivity contribution in [3.63, 3.8) is 0 Å². The molecule has 2 aromatic heterocycles. The molecule has 1 aromatic carbocycles. The van der Waals surface area contributed by atoms with Crippen LogP contribution in [0.5, 0.6) is 0 Å². The number of nitrogens with one attached hydrogen (secondary N) is 3. The zero-order valence-electron chi connectivity index (χ0n) is 21.2. The van der Waals surface area contributed by atoms with Gasteiger partial charge in [-0.2, -0.15) is 5.10 Å². The molecule has 0 bridgehead atoms. The number of pyridine rings is 1. The first-order valence-electron chi connectivity index (χ1n) is 13.4. The minimum Gasteiger partial charge on any atom is -0.388 e. The first kappa shape index (κ1) is 24.5. The molecule has 1 amide bonds. The molecule has 37 heavy (non-hydrogen) atoms. The second kappa shape index (κ2) is 9.78. The molecule has 4 N–H and O–H groups in total. The predicted molar refractivity (Wildman–Crippen MR) is 138 cm³/mol. The van der Waals surface area contributed by atoms with Crippen molar-refractivity contribution in [1.82, 2.24) is 30.9 Å². The number of rotatable bonds is 5. The van der Waals surface area contributed by atoms with E-state index < -0.39 is 5.60 Å². The van der Waals surface area contributed by atoms with Gasteiger partial charge in [0.25, 0.3) is 0 Å². The van der Waals surface area contributed by atoms with E-state index in [0.717, 1.165) is 48.7 Å². The van der Waals surface area contributed by atoms with Crippen LogP contribution in [0.2, 0.25) is 0 Å². The standard InChI is InChI=1S/C28H35FN6O2/c1-17-11-18(8-10-30-17)26-23-13-19(4-6-24(23)33-34-26)27(36)32-22-3-2-9-28(37,14-22)16-35-25-7-5-21(29)12-20(25)15-31-35/h5,7-8,10-12,15,19,22-24,26,33-34,37H,2-4,6,9,13-14,16H2,1H3,(H,32,36)/t19?,22-,23?,24?,26?,28-/m0/s1. The molecular weight excluding hydrogens is 471 g/mol. The fourth-order valence-electron chi connectivity index (χ4n) is 6.78. The van der Waals surface area contributed by atoms with Crippen LogP contribution in [0.1, 0.15) is 62.2 Å². The van der Waals surface area contributed by atoms with Crippen molar-refractivity contribution in [3.05, 3.63) is 59.8 Å². The van der Waals surface area contributed by atoms with Crippen molar-refractivity contribution in [2.45, 2.75) is 82.1 Å². The van der Waals surface area contributed by atoms with Crippen LogP contribution in [0.4, 0.5) is 4.39 Å². The smallest absolute Gasteiger partial charge is 0.223 e. The maximum Gasteiger partial charge on any atom is 0.223 e. The first-order valence-corrected chi connectivity index (χ1v) is 13.4. The van der Waals surface area contributed by atoms with E-state index in [0.29, 0.717) is 31.3 Å². The Kier molecular flexibility index (Phi) is 6.46. The zero-order chi connectivity index (χ0) is 25.6. The van der Waals surface area contributed by atoms with Gasteiger partial charge in [-0.3, -0.25) is 19.9 Å². The molecule has 0 radical (unpaired) electrons. The third-order valence-electron chi connectivity index (χ3n) is 8.62. The molecule has 1 saturated heterocycles. The molecule has 9 heteroatoms. The average Bonchev–Trinajstić information content (AvgIpc) is 3.47. The fourth-order valence-corrected chi connectivity index (χ4v) is 6.78. The Morgan fingerprint density at radius 1 is 1.24 bits per heavy atom. The van der Waals surface area contributed by atoms with Crippen LogP contribution in [-0.2, 0) is 11.3 Å². The fraction of sp³-hybridized carbons (Fsp3) is 0.536. The number of hydrogen-bond donors (Lipinski definition) is 4. The lowest BCUT2D eigenvalue weighted by molar-refractivity contribution is -0.128. The van der Waals surface area contributed by atoms with Crippen LogP contribution in [0.15, 0.2) is 42.7 Å². The Balaban J connectivity index is 1.09. The van der Waals surface area contributed by atoms with E-state index in [2.05, 4.69) is 38.4 Å². The summed E-state index contributed by atoms with van der Waals surface area (Å²) in [4.78, 5) is 17.7. The van der Waals surface area contributed by atoms with Gasteiger partial charge in [0, 0.05) is 35.3 Å². The van der Waals surface area contributed by atoms with E-state index in [1.54, 1.807) is 16.9 Å². The molecular formula is C28H35FN6O2. The lowest BCUT2D eigenvalue weighted by Gasteiger charge is -2.38. The first-order chi connectivity index (χ1) is 17.9. The SMILES string of the molecule is Cc1cc(C2NNC3CCC(C(=O)N[C@H]4CCC[C@@](O)(Cn5ncc6cc(F)ccc65)C4)CC32)ccn1. The van der Waals surface area contributed by atoms with Gasteiger partial charge in [0.05, 0.1) is 29.9 Å². The lowest BCUT2D eigenvalue weighted by Crippen LogP contribution is -2.50. The highest BCUT2D eigenvalue weighted by Crippen LogP contribution is 2.41. The number of nitrogens with zero attached hydrogens (tertiary/aromatic N) is 3. The molecule has 8 nitrogen and oxygen atoms in total. The molecule has 2 saturated carbocycles. The van der Waals surface area contributed by atoms with E-state index in [4.69, 9.17) is 0 Å². The van der Waals surface area contributed by atoms with E-state index in [1.165, 1.54) is 17.7 Å². The van der Waals surface area contributed by atoms with Gasteiger partial charge in [0.15, 0.2) is 0 Å². The maximum atomic E-state index is 13.6. The third-order valence-corrected chi connectivity index (χ3v) is 8.62. The number of hydrogen-bond acceptors (Lipinski definition) is 6. The van der Waals surface area contributed by atoms with Gasteiger partial charge in [-0.05, 0) is 93.7 Å². The van der Waals surface area contributed by atoms with Gasteiger partial charge < -0.3 is 10.4 Å². The second-order valence-electron chi connectivity index (χ2n) is 11.3. The van der Waals surface area contributed by atoms with Gasteiger partial charge in [-0.25, -0.2) is 9.82 Å². The number of carbonyl (C=O) groups excluding carboxylic acids is 1. The summed E-state index contributed by atoms with van der Waals surface area (Å²) >= 11 is 0. The Hall–Kier alpha value is -2.88. The van der Waals surface area contributed by atoms with Gasteiger partial charge in [0.1, 0.15) is 5.82 Å². The van der Waals surface area contributed by atoms with Gasteiger partial charge >= 0.3 is 0 Å². The minimum absolute atomic E-state index is 0.0339. The molecule has 2 aliphatic carbocycles. The predicted octanol–water partition coefficient (Wildman–Crippen LogP) is 3.30. The third kappa shape index (κ3) is 5.00. The average molecular weight is 507 g/mol. The van der Waals surface area contributed by atoms with Crippen molar-refractivity contribution >= 4 is 16.8 Å².